The van der Waals surface area contributed by atoms with Crippen LogP contribution in [0.5, 0.6) is 11.5 Å². The molecule has 0 radical (unpaired) electrons. The highest BCUT2D eigenvalue weighted by atomic mass is 19.1. The van der Waals surface area contributed by atoms with E-state index in [2.05, 4.69) is 5.32 Å². The van der Waals surface area contributed by atoms with Crippen molar-refractivity contribution < 1.29 is 19.0 Å². The summed E-state index contributed by atoms with van der Waals surface area (Å²) in [7, 11) is 1.47. The molecule has 1 unspecified atom stereocenters. The van der Waals surface area contributed by atoms with Crippen LogP contribution in [0.15, 0.2) is 42.5 Å². The topological polar surface area (TPSA) is 58.6 Å². The number of benzene rings is 2. The minimum Gasteiger partial charge on any atom is -0.507 e. The van der Waals surface area contributed by atoms with Gasteiger partial charge in [0.05, 0.1) is 18.7 Å². The van der Waals surface area contributed by atoms with Gasteiger partial charge in [-0.1, -0.05) is 18.2 Å². The Hall–Kier alpha value is -2.56. The maximum Gasteiger partial charge on any atom is 0.255 e. The molecule has 4 nitrogen and oxygen atoms in total. The number of carbonyl (C=O) groups excluding carboxylic acids is 1. The van der Waals surface area contributed by atoms with Gasteiger partial charge >= 0.3 is 0 Å². The quantitative estimate of drug-likeness (QED) is 0.909. The minimum atomic E-state index is -0.514. The van der Waals surface area contributed by atoms with Crippen LogP contribution < -0.4 is 10.1 Å². The first-order chi connectivity index (χ1) is 10.0. The van der Waals surface area contributed by atoms with Gasteiger partial charge in [0.15, 0.2) is 0 Å². The number of amides is 1. The lowest BCUT2D eigenvalue weighted by Crippen LogP contribution is -2.27. The molecular formula is C16H16FNO3. The molecule has 0 saturated carbocycles. The van der Waals surface area contributed by atoms with Crippen LogP contribution in [-0.4, -0.2) is 18.1 Å². The van der Waals surface area contributed by atoms with E-state index in [-0.39, 0.29) is 17.1 Å². The fraction of sp³-hybridized carbons (Fsp3) is 0.188. The maximum absolute atomic E-state index is 13.7. The Kier molecular flexibility index (Phi) is 4.42. The number of phenols is 1. The van der Waals surface area contributed by atoms with Gasteiger partial charge in [-0.25, -0.2) is 4.39 Å². The largest absolute Gasteiger partial charge is 0.507 e. The first-order valence-electron chi connectivity index (χ1n) is 6.45. The Morgan fingerprint density at radius 3 is 2.62 bits per heavy atom. The smallest absolute Gasteiger partial charge is 0.255 e. The molecule has 2 rings (SSSR count). The molecule has 0 saturated heterocycles. The Balaban J connectivity index is 2.16. The molecule has 0 spiro atoms. The van der Waals surface area contributed by atoms with Crippen molar-refractivity contribution in [3.8, 4) is 11.5 Å². The van der Waals surface area contributed by atoms with Crippen LogP contribution in [0.1, 0.15) is 28.9 Å². The Morgan fingerprint density at radius 1 is 1.29 bits per heavy atom. The molecule has 2 N–H and O–H groups in total. The zero-order chi connectivity index (χ0) is 15.4. The molecule has 0 aromatic heterocycles. The molecule has 0 heterocycles. The number of phenolic OH excluding ortho intramolecular Hbond substituents is 1. The van der Waals surface area contributed by atoms with Gasteiger partial charge in [-0.2, -0.15) is 0 Å². The van der Waals surface area contributed by atoms with Crippen LogP contribution in [0.3, 0.4) is 0 Å². The van der Waals surface area contributed by atoms with Crippen molar-refractivity contribution in [2.75, 3.05) is 7.11 Å². The van der Waals surface area contributed by atoms with E-state index in [9.17, 15) is 14.3 Å². The zero-order valence-electron chi connectivity index (χ0n) is 11.8. The average molecular weight is 289 g/mol. The van der Waals surface area contributed by atoms with E-state index in [1.165, 1.54) is 25.3 Å². The SMILES string of the molecule is COc1ccc(C(=O)NC(C)c2ccccc2F)c(O)c1. The number of carbonyl (C=O) groups is 1. The van der Waals surface area contributed by atoms with Gasteiger partial charge in [-0.05, 0) is 25.1 Å². The molecule has 0 aliphatic rings. The van der Waals surface area contributed by atoms with Crippen LogP contribution in [0.25, 0.3) is 0 Å². The summed E-state index contributed by atoms with van der Waals surface area (Å²) in [5, 5.41) is 12.5. The molecule has 1 atom stereocenters. The minimum absolute atomic E-state index is 0.110. The highest BCUT2D eigenvalue weighted by Gasteiger charge is 2.17. The fourth-order valence-electron chi connectivity index (χ4n) is 2.01. The predicted molar refractivity (Wildman–Crippen MR) is 76.9 cm³/mol. The number of ether oxygens (including phenoxy) is 1. The van der Waals surface area contributed by atoms with Gasteiger partial charge < -0.3 is 15.2 Å². The van der Waals surface area contributed by atoms with E-state index >= 15 is 0 Å². The van der Waals surface area contributed by atoms with Crippen molar-refractivity contribution in [2.45, 2.75) is 13.0 Å². The van der Waals surface area contributed by atoms with Crippen molar-refractivity contribution in [1.82, 2.24) is 5.32 Å². The summed E-state index contributed by atoms with van der Waals surface area (Å²) in [4.78, 5) is 12.1. The van der Waals surface area contributed by atoms with Crippen molar-refractivity contribution in [1.29, 1.82) is 0 Å². The predicted octanol–water partition coefficient (Wildman–Crippen LogP) is 3.03. The average Bonchev–Trinajstić information content (AvgIpc) is 2.47. The molecule has 1 amide bonds. The Labute approximate surface area is 122 Å². The second kappa shape index (κ2) is 6.26. The zero-order valence-corrected chi connectivity index (χ0v) is 11.8. The third-order valence-corrected chi connectivity index (χ3v) is 3.17. The van der Waals surface area contributed by atoms with E-state index in [0.29, 0.717) is 11.3 Å². The van der Waals surface area contributed by atoms with Crippen molar-refractivity contribution in [3.05, 3.63) is 59.4 Å². The summed E-state index contributed by atoms with van der Waals surface area (Å²) in [5.41, 5.74) is 0.498. The van der Waals surface area contributed by atoms with Gasteiger partial charge in [0, 0.05) is 11.6 Å². The summed E-state index contributed by atoms with van der Waals surface area (Å²) < 4.78 is 18.6. The number of nitrogens with one attached hydrogen (secondary N) is 1. The lowest BCUT2D eigenvalue weighted by molar-refractivity contribution is 0.0936. The molecule has 2 aromatic rings. The molecule has 110 valence electrons. The van der Waals surface area contributed by atoms with Gasteiger partial charge in [-0.3, -0.25) is 4.79 Å². The third-order valence-electron chi connectivity index (χ3n) is 3.17. The van der Waals surface area contributed by atoms with Crippen LogP contribution in [0.2, 0.25) is 0 Å². The monoisotopic (exact) mass is 289 g/mol. The summed E-state index contributed by atoms with van der Waals surface area (Å²) in [6.07, 6.45) is 0. The molecular weight excluding hydrogens is 273 g/mol. The van der Waals surface area contributed by atoms with Crippen molar-refractivity contribution in [2.24, 2.45) is 0 Å². The molecule has 21 heavy (non-hydrogen) atoms. The van der Waals surface area contributed by atoms with E-state index in [1.54, 1.807) is 31.2 Å². The van der Waals surface area contributed by atoms with E-state index in [1.807, 2.05) is 0 Å². The highest BCUT2D eigenvalue weighted by molar-refractivity contribution is 5.97. The molecule has 2 aromatic carbocycles. The van der Waals surface area contributed by atoms with Gasteiger partial charge in [-0.15, -0.1) is 0 Å². The lowest BCUT2D eigenvalue weighted by atomic mass is 10.1. The van der Waals surface area contributed by atoms with Crippen molar-refractivity contribution >= 4 is 5.91 Å². The second-order valence-corrected chi connectivity index (χ2v) is 4.60. The van der Waals surface area contributed by atoms with E-state index < -0.39 is 11.9 Å². The molecule has 5 heteroatoms. The van der Waals surface area contributed by atoms with Gasteiger partial charge in [0.2, 0.25) is 0 Å². The summed E-state index contributed by atoms with van der Waals surface area (Å²) in [6.45, 7) is 1.68. The normalized spacial score (nSPS) is 11.8. The van der Waals surface area contributed by atoms with Gasteiger partial charge in [0.25, 0.3) is 5.91 Å². The number of hydrogen-bond donors (Lipinski definition) is 2. The molecule has 0 bridgehead atoms. The van der Waals surface area contributed by atoms with Crippen LogP contribution in [0, 0.1) is 5.82 Å². The fourth-order valence-corrected chi connectivity index (χ4v) is 2.01. The number of aromatic hydroxyl groups is 1. The molecule has 0 aliphatic carbocycles. The van der Waals surface area contributed by atoms with Crippen LogP contribution in [0.4, 0.5) is 4.39 Å². The first kappa shape index (κ1) is 14.8. The number of rotatable bonds is 4. The molecule has 0 aliphatic heterocycles. The summed E-state index contributed by atoms with van der Waals surface area (Å²) in [5.74, 6) is -0.603. The maximum atomic E-state index is 13.7. The number of hydrogen-bond acceptors (Lipinski definition) is 3. The standard InChI is InChI=1S/C16H16FNO3/c1-10(12-5-3-4-6-14(12)17)18-16(20)13-8-7-11(21-2)9-15(13)19/h3-10,19H,1-2H3,(H,18,20). The number of halogens is 1. The van der Waals surface area contributed by atoms with Crippen molar-refractivity contribution in [3.63, 3.8) is 0 Å². The van der Waals surface area contributed by atoms with Gasteiger partial charge in [0.1, 0.15) is 17.3 Å². The van der Waals surface area contributed by atoms with Crippen LogP contribution in [-0.2, 0) is 0 Å². The van der Waals surface area contributed by atoms with E-state index in [0.717, 1.165) is 0 Å². The third kappa shape index (κ3) is 3.31. The summed E-state index contributed by atoms with van der Waals surface area (Å²) in [6, 6.07) is 10.1. The Bertz CT molecular complexity index is 658. The second-order valence-electron chi connectivity index (χ2n) is 4.60. The first-order valence-corrected chi connectivity index (χ1v) is 6.45. The Morgan fingerprint density at radius 2 is 2.00 bits per heavy atom. The number of methoxy groups -OCH3 is 1. The summed E-state index contributed by atoms with van der Waals surface area (Å²) >= 11 is 0. The highest BCUT2D eigenvalue weighted by Crippen LogP contribution is 2.24. The molecule has 0 fully saturated rings. The van der Waals surface area contributed by atoms with E-state index in [4.69, 9.17) is 4.74 Å². The lowest BCUT2D eigenvalue weighted by Gasteiger charge is -2.15. The van der Waals surface area contributed by atoms with Crippen LogP contribution >= 0.6 is 0 Å².